The lowest BCUT2D eigenvalue weighted by Gasteiger charge is -2.09. The molecule has 1 aromatic heterocycles. The highest BCUT2D eigenvalue weighted by molar-refractivity contribution is 8.00. The third-order valence-corrected chi connectivity index (χ3v) is 4.04. The summed E-state index contributed by atoms with van der Waals surface area (Å²) >= 11 is 1.32. The van der Waals surface area contributed by atoms with Crippen LogP contribution in [0.5, 0.6) is 5.88 Å². The van der Waals surface area contributed by atoms with Crippen molar-refractivity contribution in [1.29, 1.82) is 0 Å². The summed E-state index contributed by atoms with van der Waals surface area (Å²) < 4.78 is 5.41. The molecule has 0 fully saturated rings. The molecule has 0 aliphatic heterocycles. The molecule has 0 bridgehead atoms. The van der Waals surface area contributed by atoms with Gasteiger partial charge in [-0.2, -0.15) is 0 Å². The van der Waals surface area contributed by atoms with E-state index in [1.807, 2.05) is 13.0 Å². The number of amides is 1. The van der Waals surface area contributed by atoms with Crippen LogP contribution in [0.3, 0.4) is 0 Å². The fraction of sp³-hybridized carbons (Fsp3) is 0.250. The molecule has 1 aromatic carbocycles. The molecule has 0 spiro atoms. The van der Waals surface area contributed by atoms with Gasteiger partial charge in [-0.3, -0.25) is 14.9 Å². The molecule has 0 saturated heterocycles. The lowest BCUT2D eigenvalue weighted by Crippen LogP contribution is -2.25. The van der Waals surface area contributed by atoms with Crippen LogP contribution in [0.4, 0.5) is 5.69 Å². The molecule has 0 saturated carbocycles. The van der Waals surface area contributed by atoms with Crippen LogP contribution in [0.15, 0.2) is 47.5 Å². The number of carbonyl (C=O) groups is 1. The van der Waals surface area contributed by atoms with Crippen LogP contribution in [-0.4, -0.2) is 28.2 Å². The van der Waals surface area contributed by atoms with E-state index < -0.39 is 4.92 Å². The van der Waals surface area contributed by atoms with Crippen molar-refractivity contribution in [3.63, 3.8) is 0 Å². The maximum absolute atomic E-state index is 11.9. The molecule has 1 N–H and O–H groups in total. The summed E-state index contributed by atoms with van der Waals surface area (Å²) in [5.41, 5.74) is 0.844. The van der Waals surface area contributed by atoms with Crippen LogP contribution in [0.2, 0.25) is 0 Å². The Morgan fingerprint density at radius 2 is 2.08 bits per heavy atom. The highest BCUT2D eigenvalue weighted by atomic mass is 32.2. The predicted octanol–water partition coefficient (Wildman–Crippen LogP) is 2.80. The molecule has 126 valence electrons. The number of ether oxygens (including phenoxy) is 1. The van der Waals surface area contributed by atoms with Crippen LogP contribution >= 0.6 is 11.8 Å². The molecular formula is C16H17N3O4S. The van der Waals surface area contributed by atoms with Crippen LogP contribution in [0, 0.1) is 10.1 Å². The summed E-state index contributed by atoms with van der Waals surface area (Å²) in [5.74, 6) is 0.607. The van der Waals surface area contributed by atoms with E-state index in [0.29, 0.717) is 19.0 Å². The first kappa shape index (κ1) is 17.7. The van der Waals surface area contributed by atoms with Gasteiger partial charge in [0.2, 0.25) is 11.8 Å². The monoisotopic (exact) mass is 347 g/mol. The second-order valence-electron chi connectivity index (χ2n) is 4.72. The normalized spacial score (nSPS) is 10.2. The van der Waals surface area contributed by atoms with Crippen LogP contribution in [0.1, 0.15) is 12.5 Å². The molecule has 1 heterocycles. The SMILES string of the molecule is CCOc1ncccc1CNC(=O)CSc1ccc([N+](=O)[O-])cc1. The zero-order valence-electron chi connectivity index (χ0n) is 13.1. The van der Waals surface area contributed by atoms with Gasteiger partial charge in [0.1, 0.15) is 0 Å². The number of hydrogen-bond acceptors (Lipinski definition) is 6. The van der Waals surface area contributed by atoms with Gasteiger partial charge < -0.3 is 10.1 Å². The Labute approximate surface area is 143 Å². The van der Waals surface area contributed by atoms with Crippen molar-refractivity contribution in [2.45, 2.75) is 18.4 Å². The zero-order chi connectivity index (χ0) is 17.4. The molecule has 7 nitrogen and oxygen atoms in total. The number of nitro benzene ring substituents is 1. The van der Waals surface area contributed by atoms with E-state index >= 15 is 0 Å². The second kappa shape index (κ2) is 8.88. The number of nitrogens with zero attached hydrogens (tertiary/aromatic N) is 2. The van der Waals surface area contributed by atoms with E-state index in [1.54, 1.807) is 24.4 Å². The van der Waals surface area contributed by atoms with Gasteiger partial charge in [0, 0.05) is 35.3 Å². The van der Waals surface area contributed by atoms with Crippen LogP contribution in [0.25, 0.3) is 0 Å². The summed E-state index contributed by atoms with van der Waals surface area (Å²) in [6.07, 6.45) is 1.64. The quantitative estimate of drug-likeness (QED) is 0.448. The summed E-state index contributed by atoms with van der Waals surface area (Å²) in [5, 5.41) is 13.4. The molecule has 2 aromatic rings. The third-order valence-electron chi connectivity index (χ3n) is 3.02. The predicted molar refractivity (Wildman–Crippen MR) is 91.1 cm³/mol. The largest absolute Gasteiger partial charge is 0.478 e. The van der Waals surface area contributed by atoms with E-state index in [1.165, 1.54) is 23.9 Å². The Bertz CT molecular complexity index is 707. The first-order valence-electron chi connectivity index (χ1n) is 7.30. The minimum absolute atomic E-state index is 0.0313. The van der Waals surface area contributed by atoms with Crippen molar-refractivity contribution in [1.82, 2.24) is 10.3 Å². The molecule has 24 heavy (non-hydrogen) atoms. The average molecular weight is 347 g/mol. The number of thioether (sulfide) groups is 1. The van der Waals surface area contributed by atoms with E-state index in [4.69, 9.17) is 4.74 Å². The molecule has 0 aliphatic rings. The van der Waals surface area contributed by atoms with Crippen molar-refractivity contribution >= 4 is 23.4 Å². The summed E-state index contributed by atoms with van der Waals surface area (Å²) in [6, 6.07) is 9.74. The standard InChI is InChI=1S/C16H17N3O4S/c1-2-23-16-12(4-3-9-17-16)10-18-15(20)11-24-14-7-5-13(6-8-14)19(21)22/h3-9H,2,10-11H2,1H3,(H,18,20). The van der Waals surface area contributed by atoms with Crippen molar-refractivity contribution in [2.75, 3.05) is 12.4 Å². The molecule has 0 radical (unpaired) electrons. The highest BCUT2D eigenvalue weighted by Crippen LogP contribution is 2.21. The number of aromatic nitrogens is 1. The van der Waals surface area contributed by atoms with Crippen LogP contribution < -0.4 is 10.1 Å². The zero-order valence-corrected chi connectivity index (χ0v) is 13.9. The Morgan fingerprint density at radius 1 is 1.33 bits per heavy atom. The van der Waals surface area contributed by atoms with Crippen molar-refractivity contribution in [3.8, 4) is 5.88 Å². The number of pyridine rings is 1. The maximum atomic E-state index is 11.9. The molecule has 2 rings (SSSR count). The maximum Gasteiger partial charge on any atom is 0.269 e. The Hall–Kier alpha value is -2.61. The lowest BCUT2D eigenvalue weighted by molar-refractivity contribution is -0.384. The van der Waals surface area contributed by atoms with Crippen LogP contribution in [-0.2, 0) is 11.3 Å². The molecule has 0 unspecified atom stereocenters. The molecule has 0 aliphatic carbocycles. The van der Waals surface area contributed by atoms with Gasteiger partial charge in [0.05, 0.1) is 17.3 Å². The number of nitro groups is 1. The minimum Gasteiger partial charge on any atom is -0.478 e. The van der Waals surface area contributed by atoms with Gasteiger partial charge in [0.25, 0.3) is 5.69 Å². The number of nitrogens with one attached hydrogen (secondary N) is 1. The third kappa shape index (κ3) is 5.24. The summed E-state index contributed by atoms with van der Waals surface area (Å²) in [7, 11) is 0. The van der Waals surface area contributed by atoms with Gasteiger partial charge >= 0.3 is 0 Å². The lowest BCUT2D eigenvalue weighted by atomic mass is 10.2. The molecular weight excluding hydrogens is 330 g/mol. The fourth-order valence-corrected chi connectivity index (χ4v) is 2.61. The molecule has 8 heteroatoms. The number of non-ortho nitro benzene ring substituents is 1. The van der Waals surface area contributed by atoms with Gasteiger partial charge in [-0.15, -0.1) is 11.8 Å². The number of rotatable bonds is 8. The number of carbonyl (C=O) groups excluding carboxylic acids is 1. The Kier molecular flexibility index (Phi) is 6.56. The highest BCUT2D eigenvalue weighted by Gasteiger charge is 2.08. The van der Waals surface area contributed by atoms with Crippen molar-refractivity contribution in [3.05, 3.63) is 58.3 Å². The number of hydrogen-bond donors (Lipinski definition) is 1. The van der Waals surface area contributed by atoms with Crippen molar-refractivity contribution < 1.29 is 14.5 Å². The van der Waals surface area contributed by atoms with Gasteiger partial charge in [0.15, 0.2) is 0 Å². The Morgan fingerprint density at radius 3 is 2.75 bits per heavy atom. The van der Waals surface area contributed by atoms with Crippen molar-refractivity contribution in [2.24, 2.45) is 0 Å². The first-order chi connectivity index (χ1) is 11.6. The molecule has 1 amide bonds. The van der Waals surface area contributed by atoms with Gasteiger partial charge in [-0.25, -0.2) is 4.98 Å². The van der Waals surface area contributed by atoms with E-state index in [9.17, 15) is 14.9 Å². The summed E-state index contributed by atoms with van der Waals surface area (Å²) in [6.45, 7) is 2.72. The van der Waals surface area contributed by atoms with Gasteiger partial charge in [-0.05, 0) is 25.1 Å². The fourth-order valence-electron chi connectivity index (χ4n) is 1.88. The smallest absolute Gasteiger partial charge is 0.269 e. The van der Waals surface area contributed by atoms with E-state index in [0.717, 1.165) is 10.5 Å². The Balaban J connectivity index is 1.82. The number of benzene rings is 1. The average Bonchev–Trinajstić information content (AvgIpc) is 2.60. The van der Waals surface area contributed by atoms with E-state index in [-0.39, 0.29) is 17.3 Å². The molecule has 0 atom stereocenters. The van der Waals surface area contributed by atoms with E-state index in [2.05, 4.69) is 10.3 Å². The summed E-state index contributed by atoms with van der Waals surface area (Å²) in [4.78, 5) is 27.0. The topological polar surface area (TPSA) is 94.4 Å². The first-order valence-corrected chi connectivity index (χ1v) is 8.29. The van der Waals surface area contributed by atoms with Gasteiger partial charge in [-0.1, -0.05) is 6.07 Å². The minimum atomic E-state index is -0.453. The second-order valence-corrected chi connectivity index (χ2v) is 5.77.